The van der Waals surface area contributed by atoms with E-state index < -0.39 is 0 Å². The highest BCUT2D eigenvalue weighted by Gasteiger charge is 2.19. The maximum absolute atomic E-state index is 9.55. The van der Waals surface area contributed by atoms with Gasteiger partial charge in [-0.05, 0) is 78.9 Å². The molecule has 27 heavy (non-hydrogen) atoms. The number of phenolic OH excluding ortho intramolecular Hbond substituents is 1. The molecule has 3 nitrogen and oxygen atoms in total. The quantitative estimate of drug-likeness (QED) is 0.679. The Bertz CT molecular complexity index is 870. The number of hydrogen-bond donors (Lipinski definition) is 1. The number of hydrogen-bond acceptors (Lipinski definition) is 3. The molecule has 0 aromatic heterocycles. The van der Waals surface area contributed by atoms with Crippen LogP contribution in [0.4, 0.5) is 0 Å². The minimum Gasteiger partial charge on any atom is -0.508 e. The second-order valence-electron chi connectivity index (χ2n) is 7.52. The van der Waals surface area contributed by atoms with Crippen LogP contribution >= 0.6 is 0 Å². The Morgan fingerprint density at radius 1 is 0.889 bits per heavy atom. The van der Waals surface area contributed by atoms with E-state index in [2.05, 4.69) is 35.2 Å². The van der Waals surface area contributed by atoms with Gasteiger partial charge in [0.1, 0.15) is 18.1 Å². The Kier molecular flexibility index (Phi) is 5.59. The van der Waals surface area contributed by atoms with Crippen LogP contribution in [0.3, 0.4) is 0 Å². The standard InChI is InChI=1S/C24H27NO2/c26-23-8-6-22-18-24(9-7-21(22)17-23)27-15-14-25-12-10-20(11-13-25)16-19-4-2-1-3-5-19/h1-9,17-18,20,26H,10-16H2. The fourth-order valence-electron chi connectivity index (χ4n) is 3.96. The van der Waals surface area contributed by atoms with Gasteiger partial charge in [0, 0.05) is 6.54 Å². The average molecular weight is 361 g/mol. The molecule has 0 radical (unpaired) electrons. The third-order valence-electron chi connectivity index (χ3n) is 5.55. The third kappa shape index (κ3) is 4.81. The second-order valence-corrected chi connectivity index (χ2v) is 7.52. The lowest BCUT2D eigenvalue weighted by Gasteiger charge is -2.31. The van der Waals surface area contributed by atoms with Crippen LogP contribution in [-0.4, -0.2) is 36.2 Å². The zero-order chi connectivity index (χ0) is 18.5. The number of likely N-dealkylation sites (tertiary alicyclic amines) is 1. The van der Waals surface area contributed by atoms with Gasteiger partial charge in [-0.1, -0.05) is 42.5 Å². The molecule has 1 fully saturated rings. The minimum atomic E-state index is 0.298. The molecule has 0 unspecified atom stereocenters. The second kappa shape index (κ2) is 8.45. The summed E-state index contributed by atoms with van der Waals surface area (Å²) in [7, 11) is 0. The molecule has 1 N–H and O–H groups in total. The Labute approximate surface area is 161 Å². The molecule has 4 rings (SSSR count). The average Bonchev–Trinajstić information content (AvgIpc) is 2.70. The molecule has 0 bridgehead atoms. The van der Waals surface area contributed by atoms with Gasteiger partial charge < -0.3 is 9.84 Å². The fourth-order valence-corrected chi connectivity index (χ4v) is 3.96. The van der Waals surface area contributed by atoms with E-state index in [0.717, 1.165) is 42.1 Å². The van der Waals surface area contributed by atoms with Crippen molar-refractivity contribution in [1.82, 2.24) is 4.90 Å². The van der Waals surface area contributed by atoms with Gasteiger partial charge in [0.2, 0.25) is 0 Å². The largest absolute Gasteiger partial charge is 0.508 e. The molecule has 1 heterocycles. The summed E-state index contributed by atoms with van der Waals surface area (Å²) in [6.07, 6.45) is 3.75. The zero-order valence-electron chi connectivity index (χ0n) is 15.7. The monoisotopic (exact) mass is 361 g/mol. The summed E-state index contributed by atoms with van der Waals surface area (Å²) in [5.41, 5.74) is 1.46. The predicted molar refractivity (Wildman–Crippen MR) is 110 cm³/mol. The molecule has 0 spiro atoms. The van der Waals surface area contributed by atoms with E-state index >= 15 is 0 Å². The summed E-state index contributed by atoms with van der Waals surface area (Å²) in [5.74, 6) is 2.00. The molecule has 3 heteroatoms. The lowest BCUT2D eigenvalue weighted by molar-refractivity contribution is 0.155. The van der Waals surface area contributed by atoms with Gasteiger partial charge in [-0.25, -0.2) is 0 Å². The highest BCUT2D eigenvalue weighted by molar-refractivity contribution is 5.85. The molecule has 140 valence electrons. The minimum absolute atomic E-state index is 0.298. The lowest BCUT2D eigenvalue weighted by atomic mass is 9.90. The smallest absolute Gasteiger partial charge is 0.120 e. The van der Waals surface area contributed by atoms with Crippen molar-refractivity contribution in [2.45, 2.75) is 19.3 Å². The van der Waals surface area contributed by atoms with E-state index in [1.807, 2.05) is 24.3 Å². The molecule has 3 aromatic carbocycles. The van der Waals surface area contributed by atoms with Crippen LogP contribution in [0, 0.1) is 5.92 Å². The molecule has 3 aromatic rings. The number of ether oxygens (including phenoxy) is 1. The number of benzene rings is 3. The van der Waals surface area contributed by atoms with Crippen molar-refractivity contribution in [3.8, 4) is 11.5 Å². The fraction of sp³-hybridized carbons (Fsp3) is 0.333. The number of rotatable bonds is 6. The van der Waals surface area contributed by atoms with Crippen LogP contribution in [0.25, 0.3) is 10.8 Å². The van der Waals surface area contributed by atoms with Crippen molar-refractivity contribution < 1.29 is 9.84 Å². The van der Waals surface area contributed by atoms with Gasteiger partial charge in [0.05, 0.1) is 0 Å². The van der Waals surface area contributed by atoms with Crippen molar-refractivity contribution in [1.29, 1.82) is 0 Å². The number of nitrogens with zero attached hydrogens (tertiary/aromatic N) is 1. The summed E-state index contributed by atoms with van der Waals surface area (Å²) in [4.78, 5) is 2.51. The number of aromatic hydroxyl groups is 1. The first kappa shape index (κ1) is 17.9. The van der Waals surface area contributed by atoms with Gasteiger partial charge in [-0.3, -0.25) is 4.90 Å². The Balaban J connectivity index is 1.22. The first-order valence-electron chi connectivity index (χ1n) is 9.88. The normalized spacial score (nSPS) is 15.9. The third-order valence-corrected chi connectivity index (χ3v) is 5.55. The van der Waals surface area contributed by atoms with Crippen molar-refractivity contribution in [3.63, 3.8) is 0 Å². The molecule has 1 aliphatic rings. The van der Waals surface area contributed by atoms with Gasteiger partial charge >= 0.3 is 0 Å². The van der Waals surface area contributed by atoms with E-state index in [1.54, 1.807) is 12.1 Å². The Hall–Kier alpha value is -2.52. The number of fused-ring (bicyclic) bond motifs is 1. The van der Waals surface area contributed by atoms with E-state index in [4.69, 9.17) is 4.74 Å². The first-order valence-corrected chi connectivity index (χ1v) is 9.88. The summed E-state index contributed by atoms with van der Waals surface area (Å²) >= 11 is 0. The van der Waals surface area contributed by atoms with Crippen LogP contribution in [0.15, 0.2) is 66.7 Å². The van der Waals surface area contributed by atoms with Crippen molar-refractivity contribution in [2.24, 2.45) is 5.92 Å². The lowest BCUT2D eigenvalue weighted by Crippen LogP contribution is -2.37. The first-order chi connectivity index (χ1) is 13.3. The van der Waals surface area contributed by atoms with Gasteiger partial charge in [0.15, 0.2) is 0 Å². The van der Waals surface area contributed by atoms with Crippen molar-refractivity contribution in [2.75, 3.05) is 26.2 Å². The van der Waals surface area contributed by atoms with Crippen LogP contribution in [0.2, 0.25) is 0 Å². The molecule has 1 saturated heterocycles. The molecular weight excluding hydrogens is 334 g/mol. The zero-order valence-corrected chi connectivity index (χ0v) is 15.7. The molecule has 1 aliphatic heterocycles. The summed E-state index contributed by atoms with van der Waals surface area (Å²) in [5, 5.41) is 11.7. The number of piperidine rings is 1. The SMILES string of the molecule is Oc1ccc2cc(OCCN3CCC(Cc4ccccc4)CC3)ccc2c1. The summed E-state index contributed by atoms with van der Waals surface area (Å²) < 4.78 is 5.97. The topological polar surface area (TPSA) is 32.7 Å². The maximum Gasteiger partial charge on any atom is 0.120 e. The summed E-state index contributed by atoms with van der Waals surface area (Å²) in [6.45, 7) is 4.02. The Morgan fingerprint density at radius 3 is 2.44 bits per heavy atom. The molecular formula is C24H27NO2. The molecule has 0 atom stereocenters. The highest BCUT2D eigenvalue weighted by atomic mass is 16.5. The molecule has 0 aliphatic carbocycles. The highest BCUT2D eigenvalue weighted by Crippen LogP contribution is 2.25. The van der Waals surface area contributed by atoms with Gasteiger partial charge in [-0.15, -0.1) is 0 Å². The van der Waals surface area contributed by atoms with E-state index in [-0.39, 0.29) is 0 Å². The molecule has 0 amide bonds. The maximum atomic E-state index is 9.55. The van der Waals surface area contributed by atoms with Gasteiger partial charge in [-0.2, -0.15) is 0 Å². The summed E-state index contributed by atoms with van der Waals surface area (Å²) in [6, 6.07) is 22.3. The predicted octanol–water partition coefficient (Wildman–Crippen LogP) is 4.88. The molecule has 0 saturated carbocycles. The van der Waals surface area contributed by atoms with E-state index in [1.165, 1.54) is 24.8 Å². The van der Waals surface area contributed by atoms with Crippen LogP contribution in [0.1, 0.15) is 18.4 Å². The van der Waals surface area contributed by atoms with E-state index in [0.29, 0.717) is 12.4 Å². The van der Waals surface area contributed by atoms with E-state index in [9.17, 15) is 5.11 Å². The van der Waals surface area contributed by atoms with Crippen molar-refractivity contribution in [3.05, 3.63) is 72.3 Å². The van der Waals surface area contributed by atoms with Crippen LogP contribution in [0.5, 0.6) is 11.5 Å². The van der Waals surface area contributed by atoms with Crippen LogP contribution in [-0.2, 0) is 6.42 Å². The van der Waals surface area contributed by atoms with Gasteiger partial charge in [0.25, 0.3) is 0 Å². The Morgan fingerprint density at radius 2 is 1.63 bits per heavy atom. The van der Waals surface area contributed by atoms with Crippen molar-refractivity contribution >= 4 is 10.8 Å². The van der Waals surface area contributed by atoms with Crippen LogP contribution < -0.4 is 4.74 Å². The number of phenols is 1.